The van der Waals surface area contributed by atoms with Crippen LogP contribution in [0.1, 0.15) is 10.7 Å². The normalized spacial score (nSPS) is 10.5. The topological polar surface area (TPSA) is 62.7 Å². The van der Waals surface area contributed by atoms with E-state index in [2.05, 4.69) is 32.1 Å². The number of hydrogen-bond donors (Lipinski definition) is 0. The molecule has 0 unspecified atom stereocenters. The van der Waals surface area contributed by atoms with Crippen molar-refractivity contribution in [2.24, 2.45) is 0 Å². The molecule has 7 heteroatoms. The van der Waals surface area contributed by atoms with Gasteiger partial charge in [0.1, 0.15) is 10.9 Å². The molecule has 4 nitrogen and oxygen atoms in total. The Balaban J connectivity index is 1.68. The number of hydrogen-bond acceptors (Lipinski definition) is 6. The second-order valence-electron chi connectivity index (χ2n) is 4.03. The summed E-state index contributed by atoms with van der Waals surface area (Å²) in [6.45, 7) is 0. The van der Waals surface area contributed by atoms with Gasteiger partial charge in [0.25, 0.3) is 5.89 Å². The molecule has 2 heterocycles. The largest absolute Gasteiger partial charge is 0.333 e. The summed E-state index contributed by atoms with van der Waals surface area (Å²) in [5.74, 6) is 1.75. The summed E-state index contributed by atoms with van der Waals surface area (Å²) < 4.78 is 6.29. The van der Waals surface area contributed by atoms with Crippen LogP contribution in [0.15, 0.2) is 50.3 Å². The Bertz CT molecular complexity index is 789. The second-order valence-corrected chi connectivity index (χ2v) is 7.08. The lowest BCUT2D eigenvalue weighted by atomic mass is 10.4. The molecule has 1 aromatic carbocycles. The molecule has 0 saturated carbocycles. The third-order valence-electron chi connectivity index (χ3n) is 2.58. The van der Waals surface area contributed by atoms with Crippen molar-refractivity contribution >= 4 is 39.0 Å². The van der Waals surface area contributed by atoms with Crippen LogP contribution in [-0.2, 0) is 5.75 Å². The molecule has 0 fully saturated rings. The minimum atomic E-state index is 0.466. The Morgan fingerprint density at radius 3 is 2.76 bits per heavy atom. The standard InChI is InChI=1S/C14H8BrN3OS2/c15-9-1-3-10(4-2-9)20-8-13-17-14(19-18-13)12-6-5-11(7-16)21-12/h1-6H,8H2. The molecule has 0 bridgehead atoms. The van der Waals surface area contributed by atoms with Crippen molar-refractivity contribution in [3.63, 3.8) is 0 Å². The zero-order valence-electron chi connectivity index (χ0n) is 10.6. The maximum Gasteiger partial charge on any atom is 0.268 e. The highest BCUT2D eigenvalue weighted by atomic mass is 79.9. The molecule has 0 aliphatic carbocycles. The third-order valence-corrected chi connectivity index (χ3v) is 5.09. The zero-order valence-corrected chi connectivity index (χ0v) is 13.8. The molecule has 0 atom stereocenters. The highest BCUT2D eigenvalue weighted by Gasteiger charge is 2.11. The fraction of sp³-hybridized carbons (Fsp3) is 0.0714. The van der Waals surface area contributed by atoms with E-state index in [0.717, 1.165) is 14.2 Å². The molecule has 0 saturated heterocycles. The molecule has 104 valence electrons. The zero-order chi connectivity index (χ0) is 14.7. The predicted octanol–water partition coefficient (Wildman–Crippen LogP) is 4.72. The van der Waals surface area contributed by atoms with Gasteiger partial charge in [-0.3, -0.25) is 0 Å². The van der Waals surface area contributed by atoms with E-state index in [4.69, 9.17) is 9.78 Å². The van der Waals surface area contributed by atoms with Crippen molar-refractivity contribution in [2.75, 3.05) is 0 Å². The monoisotopic (exact) mass is 377 g/mol. The third kappa shape index (κ3) is 3.53. The number of thiophene rings is 1. The molecule has 0 amide bonds. The summed E-state index contributed by atoms with van der Waals surface area (Å²) in [5, 5.41) is 12.8. The molecule has 0 aliphatic heterocycles. The van der Waals surface area contributed by atoms with Gasteiger partial charge in [0.2, 0.25) is 0 Å². The fourth-order valence-electron chi connectivity index (χ4n) is 1.60. The van der Waals surface area contributed by atoms with Crippen molar-refractivity contribution in [3.8, 4) is 16.8 Å². The van der Waals surface area contributed by atoms with Gasteiger partial charge >= 0.3 is 0 Å². The molecule has 0 spiro atoms. The van der Waals surface area contributed by atoms with E-state index < -0.39 is 0 Å². The number of rotatable bonds is 4. The molecule has 21 heavy (non-hydrogen) atoms. The molecule has 2 aromatic heterocycles. The number of halogens is 1. The molecule has 0 aliphatic rings. The lowest BCUT2D eigenvalue weighted by molar-refractivity contribution is 0.426. The number of thioether (sulfide) groups is 1. The first-order valence-corrected chi connectivity index (χ1v) is 8.55. The number of nitriles is 1. The van der Waals surface area contributed by atoms with Gasteiger partial charge in [0, 0.05) is 9.37 Å². The van der Waals surface area contributed by atoms with Crippen LogP contribution in [0.3, 0.4) is 0 Å². The van der Waals surface area contributed by atoms with E-state index in [-0.39, 0.29) is 0 Å². The first kappa shape index (κ1) is 14.3. The minimum absolute atomic E-state index is 0.466. The highest BCUT2D eigenvalue weighted by Crippen LogP contribution is 2.28. The van der Waals surface area contributed by atoms with E-state index in [0.29, 0.717) is 22.3 Å². The SMILES string of the molecule is N#Cc1ccc(-c2nc(CSc3ccc(Br)cc3)no2)s1. The predicted molar refractivity (Wildman–Crippen MR) is 86.0 cm³/mol. The van der Waals surface area contributed by atoms with Gasteiger partial charge in [-0.25, -0.2) is 0 Å². The van der Waals surface area contributed by atoms with E-state index in [1.165, 1.54) is 11.3 Å². The van der Waals surface area contributed by atoms with Gasteiger partial charge in [-0.15, -0.1) is 23.1 Å². The van der Waals surface area contributed by atoms with E-state index in [1.807, 2.05) is 30.3 Å². The van der Waals surface area contributed by atoms with Crippen LogP contribution in [0, 0.1) is 11.3 Å². The molecule has 0 N–H and O–H groups in total. The molecular weight excluding hydrogens is 370 g/mol. The average Bonchev–Trinajstić information content (AvgIpc) is 3.15. The van der Waals surface area contributed by atoms with Gasteiger partial charge < -0.3 is 4.52 Å². The van der Waals surface area contributed by atoms with E-state index >= 15 is 0 Å². The summed E-state index contributed by atoms with van der Waals surface area (Å²) in [6, 6.07) is 13.7. The summed E-state index contributed by atoms with van der Waals surface area (Å²) in [6.07, 6.45) is 0. The second kappa shape index (κ2) is 6.43. The van der Waals surface area contributed by atoms with Crippen LogP contribution in [0.4, 0.5) is 0 Å². The van der Waals surface area contributed by atoms with Crippen LogP contribution in [0.2, 0.25) is 0 Å². The van der Waals surface area contributed by atoms with Gasteiger partial charge in [0.05, 0.1) is 10.6 Å². The molecular formula is C14H8BrN3OS2. The van der Waals surface area contributed by atoms with Crippen LogP contribution in [0.5, 0.6) is 0 Å². The van der Waals surface area contributed by atoms with E-state index in [1.54, 1.807) is 17.8 Å². The summed E-state index contributed by atoms with van der Waals surface area (Å²) >= 11 is 6.40. The quantitative estimate of drug-likeness (QED) is 0.615. The van der Waals surface area contributed by atoms with Gasteiger partial charge in [0.15, 0.2) is 5.82 Å². The number of benzene rings is 1. The number of nitrogens with zero attached hydrogens (tertiary/aromatic N) is 3. The first-order valence-electron chi connectivity index (χ1n) is 5.96. The lowest BCUT2D eigenvalue weighted by Crippen LogP contribution is -1.83. The van der Waals surface area contributed by atoms with Crippen molar-refractivity contribution in [1.29, 1.82) is 5.26 Å². The highest BCUT2D eigenvalue weighted by molar-refractivity contribution is 9.10. The van der Waals surface area contributed by atoms with Gasteiger partial charge in [-0.2, -0.15) is 10.2 Å². The maximum atomic E-state index is 8.82. The van der Waals surface area contributed by atoms with Crippen molar-refractivity contribution in [2.45, 2.75) is 10.6 Å². The molecule has 3 rings (SSSR count). The summed E-state index contributed by atoms with van der Waals surface area (Å²) in [5.41, 5.74) is 0. The van der Waals surface area contributed by atoms with Gasteiger partial charge in [-0.1, -0.05) is 21.1 Å². The van der Waals surface area contributed by atoms with Crippen LogP contribution >= 0.6 is 39.0 Å². The van der Waals surface area contributed by atoms with Crippen LogP contribution in [0.25, 0.3) is 10.8 Å². The van der Waals surface area contributed by atoms with Gasteiger partial charge in [-0.05, 0) is 36.4 Å². The Hall–Kier alpha value is -1.62. The van der Waals surface area contributed by atoms with Crippen LogP contribution < -0.4 is 0 Å². The molecule has 0 radical (unpaired) electrons. The Kier molecular flexibility index (Phi) is 4.39. The number of aromatic nitrogens is 2. The smallest absolute Gasteiger partial charge is 0.268 e. The molecule has 3 aromatic rings. The van der Waals surface area contributed by atoms with Crippen LogP contribution in [-0.4, -0.2) is 10.1 Å². The Morgan fingerprint density at radius 1 is 1.24 bits per heavy atom. The van der Waals surface area contributed by atoms with Crippen molar-refractivity contribution in [1.82, 2.24) is 10.1 Å². The first-order chi connectivity index (χ1) is 10.2. The Labute approximate surface area is 137 Å². The van der Waals surface area contributed by atoms with E-state index in [9.17, 15) is 0 Å². The minimum Gasteiger partial charge on any atom is -0.333 e. The lowest BCUT2D eigenvalue weighted by Gasteiger charge is -1.97. The maximum absolute atomic E-state index is 8.82. The summed E-state index contributed by atoms with van der Waals surface area (Å²) in [4.78, 5) is 6.95. The fourth-order valence-corrected chi connectivity index (χ4v) is 3.34. The summed E-state index contributed by atoms with van der Waals surface area (Å²) in [7, 11) is 0. The average molecular weight is 378 g/mol. The van der Waals surface area contributed by atoms with Crippen molar-refractivity contribution in [3.05, 3.63) is 51.6 Å². The Morgan fingerprint density at radius 2 is 2.05 bits per heavy atom. The van der Waals surface area contributed by atoms with Crippen molar-refractivity contribution < 1.29 is 4.52 Å².